The third-order valence-electron chi connectivity index (χ3n) is 2.59. The van der Waals surface area contributed by atoms with Gasteiger partial charge in [-0.25, -0.2) is 14.6 Å². The lowest BCUT2D eigenvalue weighted by Gasteiger charge is -2.12. The topological polar surface area (TPSA) is 130 Å². The molecule has 0 saturated heterocycles. The number of aliphatic carboxylic acids is 1. The standard InChI is InChI=1S/C13H16N2O6S/c1-3-7(2)21-12(20)10(17)9(6-8(16)11(18)19)22-13-14-4-5-15-13/h4-5,7,17H,3,6H2,1-2H3,(H,14,15)(H,18,19). The van der Waals surface area contributed by atoms with E-state index >= 15 is 0 Å². The summed E-state index contributed by atoms with van der Waals surface area (Å²) in [4.78, 5) is 40.2. The predicted molar refractivity (Wildman–Crippen MR) is 77.2 cm³/mol. The number of carbonyl (C=O) groups is 3. The average molecular weight is 328 g/mol. The number of aromatic nitrogens is 2. The number of aliphatic hydroxyl groups is 1. The van der Waals surface area contributed by atoms with E-state index in [-0.39, 0.29) is 4.91 Å². The van der Waals surface area contributed by atoms with E-state index in [1.54, 1.807) is 13.8 Å². The Morgan fingerprint density at radius 3 is 2.59 bits per heavy atom. The van der Waals surface area contributed by atoms with Crippen LogP contribution >= 0.6 is 11.8 Å². The van der Waals surface area contributed by atoms with Crippen LogP contribution in [0.5, 0.6) is 0 Å². The number of ether oxygens (including phenoxy) is 1. The number of allylic oxidation sites excluding steroid dienone is 1. The Morgan fingerprint density at radius 2 is 2.09 bits per heavy atom. The molecular formula is C13H16N2O6S. The highest BCUT2D eigenvalue weighted by Gasteiger charge is 2.24. The molecule has 0 bridgehead atoms. The van der Waals surface area contributed by atoms with Gasteiger partial charge in [0.25, 0.3) is 0 Å². The van der Waals surface area contributed by atoms with Crippen LogP contribution in [0, 0.1) is 0 Å². The predicted octanol–water partition coefficient (Wildman–Crippen LogP) is 1.66. The Bertz CT molecular complexity index is 581. The largest absolute Gasteiger partial charge is 0.501 e. The molecule has 0 aliphatic carbocycles. The minimum absolute atomic E-state index is 0.143. The minimum atomic E-state index is -1.65. The number of aromatic amines is 1. The van der Waals surface area contributed by atoms with Crippen molar-refractivity contribution < 1.29 is 29.3 Å². The molecule has 8 nitrogen and oxygen atoms in total. The normalized spacial score (nSPS) is 13.2. The number of rotatable bonds is 8. The third-order valence-corrected chi connectivity index (χ3v) is 3.59. The van der Waals surface area contributed by atoms with Crippen LogP contribution in [-0.2, 0) is 19.1 Å². The molecule has 1 heterocycles. The summed E-state index contributed by atoms with van der Waals surface area (Å²) in [7, 11) is 0. The Morgan fingerprint density at radius 1 is 1.41 bits per heavy atom. The molecule has 0 aliphatic rings. The number of hydrogen-bond donors (Lipinski definition) is 3. The fraction of sp³-hybridized carbons (Fsp3) is 0.385. The molecule has 3 N–H and O–H groups in total. The number of nitrogens with one attached hydrogen (secondary N) is 1. The number of esters is 1. The molecule has 1 aromatic rings. The number of hydrogen-bond acceptors (Lipinski definition) is 7. The van der Waals surface area contributed by atoms with Crippen molar-refractivity contribution in [2.24, 2.45) is 0 Å². The average Bonchev–Trinajstić information content (AvgIpc) is 2.98. The lowest BCUT2D eigenvalue weighted by molar-refractivity contribution is -0.149. The highest BCUT2D eigenvalue weighted by molar-refractivity contribution is 8.03. The number of carbonyl (C=O) groups excluding carboxylic acids is 2. The highest BCUT2D eigenvalue weighted by Crippen LogP contribution is 2.29. The molecule has 22 heavy (non-hydrogen) atoms. The first-order valence-electron chi connectivity index (χ1n) is 6.41. The quantitative estimate of drug-likeness (QED) is 0.216. The molecule has 0 spiro atoms. The monoisotopic (exact) mass is 328 g/mol. The lowest BCUT2D eigenvalue weighted by atomic mass is 10.2. The van der Waals surface area contributed by atoms with Gasteiger partial charge >= 0.3 is 11.9 Å². The number of imidazole rings is 1. The van der Waals surface area contributed by atoms with E-state index in [0.29, 0.717) is 11.6 Å². The van der Waals surface area contributed by atoms with Gasteiger partial charge < -0.3 is 19.9 Å². The van der Waals surface area contributed by atoms with Gasteiger partial charge in [-0.1, -0.05) is 18.7 Å². The Kier molecular flexibility index (Phi) is 6.64. The summed E-state index contributed by atoms with van der Waals surface area (Å²) in [5.74, 6) is -4.62. The summed E-state index contributed by atoms with van der Waals surface area (Å²) >= 11 is 0.790. The van der Waals surface area contributed by atoms with Gasteiger partial charge in [-0.05, 0) is 13.3 Å². The second-order valence-corrected chi connectivity index (χ2v) is 5.38. The van der Waals surface area contributed by atoms with Crippen molar-refractivity contribution >= 4 is 29.5 Å². The molecule has 1 aromatic heterocycles. The van der Waals surface area contributed by atoms with E-state index < -0.39 is 36.0 Å². The van der Waals surface area contributed by atoms with E-state index in [2.05, 4.69) is 9.97 Å². The van der Waals surface area contributed by atoms with Crippen LogP contribution in [0.4, 0.5) is 0 Å². The van der Waals surface area contributed by atoms with Gasteiger partial charge in [0.1, 0.15) is 0 Å². The number of thioether (sulfide) groups is 1. The number of Topliss-reactive ketones (excluding diaryl/α,β-unsaturated/α-hetero) is 1. The molecule has 1 rings (SSSR count). The first-order chi connectivity index (χ1) is 10.3. The second kappa shape index (κ2) is 8.23. The zero-order valence-corrected chi connectivity index (χ0v) is 12.8. The number of aliphatic hydroxyl groups excluding tert-OH is 1. The van der Waals surface area contributed by atoms with E-state index in [9.17, 15) is 19.5 Å². The first kappa shape index (κ1) is 17.8. The van der Waals surface area contributed by atoms with Gasteiger partial charge in [0, 0.05) is 12.4 Å². The maximum absolute atomic E-state index is 11.8. The first-order valence-corrected chi connectivity index (χ1v) is 7.23. The number of nitrogens with zero attached hydrogens (tertiary/aromatic N) is 1. The molecule has 120 valence electrons. The molecule has 0 amide bonds. The molecule has 9 heteroatoms. The fourth-order valence-corrected chi connectivity index (χ4v) is 2.11. The van der Waals surface area contributed by atoms with Crippen LogP contribution in [0.3, 0.4) is 0 Å². The SMILES string of the molecule is CCC(C)OC(=O)C(O)=C(CC(=O)C(=O)O)Sc1ncc[nH]1. The van der Waals surface area contributed by atoms with Crippen LogP contribution in [0.1, 0.15) is 26.7 Å². The molecule has 1 unspecified atom stereocenters. The smallest absolute Gasteiger partial charge is 0.374 e. The summed E-state index contributed by atoms with van der Waals surface area (Å²) < 4.78 is 4.95. The molecule has 0 aromatic carbocycles. The Labute approximate surface area is 130 Å². The third kappa shape index (κ3) is 5.24. The van der Waals surface area contributed by atoms with Gasteiger partial charge in [-0.3, -0.25) is 4.79 Å². The summed E-state index contributed by atoms with van der Waals surface area (Å²) in [6, 6.07) is 0. The van der Waals surface area contributed by atoms with Gasteiger partial charge in [-0.15, -0.1) is 0 Å². The van der Waals surface area contributed by atoms with E-state index in [0.717, 1.165) is 11.8 Å². The number of carboxylic acid groups (broad SMARTS) is 1. The van der Waals surface area contributed by atoms with Crippen molar-refractivity contribution in [2.75, 3.05) is 0 Å². The number of H-pyrrole nitrogens is 1. The molecule has 0 aliphatic heterocycles. The molecule has 1 atom stereocenters. The molecule has 0 radical (unpaired) electrons. The van der Waals surface area contributed by atoms with Crippen molar-refractivity contribution in [1.82, 2.24) is 9.97 Å². The van der Waals surface area contributed by atoms with E-state index in [1.165, 1.54) is 12.4 Å². The summed E-state index contributed by atoms with van der Waals surface area (Å²) in [6.45, 7) is 3.44. The summed E-state index contributed by atoms with van der Waals surface area (Å²) in [5.41, 5.74) is 0. The summed E-state index contributed by atoms with van der Waals surface area (Å²) in [5, 5.41) is 18.9. The maximum atomic E-state index is 11.8. The van der Waals surface area contributed by atoms with Gasteiger partial charge in [0.15, 0.2) is 5.16 Å². The maximum Gasteiger partial charge on any atom is 0.374 e. The van der Waals surface area contributed by atoms with Crippen LogP contribution in [0.2, 0.25) is 0 Å². The number of ketones is 1. The van der Waals surface area contributed by atoms with Crippen LogP contribution in [0.15, 0.2) is 28.2 Å². The van der Waals surface area contributed by atoms with Gasteiger partial charge in [0.2, 0.25) is 11.5 Å². The van der Waals surface area contributed by atoms with Crippen molar-refractivity contribution in [3.05, 3.63) is 23.1 Å². The van der Waals surface area contributed by atoms with Crippen LogP contribution in [-0.4, -0.2) is 44.0 Å². The van der Waals surface area contributed by atoms with E-state index in [1.807, 2.05) is 0 Å². The van der Waals surface area contributed by atoms with Crippen LogP contribution in [0.25, 0.3) is 0 Å². The minimum Gasteiger partial charge on any atom is -0.501 e. The molecular weight excluding hydrogens is 312 g/mol. The Balaban J connectivity index is 3.00. The molecule has 0 saturated carbocycles. The van der Waals surface area contributed by atoms with Crippen molar-refractivity contribution in [3.8, 4) is 0 Å². The second-order valence-electron chi connectivity index (χ2n) is 4.30. The van der Waals surface area contributed by atoms with Gasteiger partial charge in [0.05, 0.1) is 17.4 Å². The zero-order chi connectivity index (χ0) is 16.7. The lowest BCUT2D eigenvalue weighted by Crippen LogP contribution is -2.18. The Hall–Kier alpha value is -2.29. The zero-order valence-electron chi connectivity index (χ0n) is 12.0. The van der Waals surface area contributed by atoms with Crippen LogP contribution < -0.4 is 0 Å². The van der Waals surface area contributed by atoms with Gasteiger partial charge in [-0.2, -0.15) is 0 Å². The van der Waals surface area contributed by atoms with Crippen molar-refractivity contribution in [2.45, 2.75) is 37.9 Å². The fourth-order valence-electron chi connectivity index (χ4n) is 1.25. The summed E-state index contributed by atoms with van der Waals surface area (Å²) in [6.07, 6.45) is 2.44. The van der Waals surface area contributed by atoms with E-state index in [4.69, 9.17) is 9.84 Å². The number of carboxylic acids is 1. The van der Waals surface area contributed by atoms with Crippen molar-refractivity contribution in [3.63, 3.8) is 0 Å². The molecule has 0 fully saturated rings. The highest BCUT2D eigenvalue weighted by atomic mass is 32.2. The van der Waals surface area contributed by atoms with Crippen molar-refractivity contribution in [1.29, 1.82) is 0 Å².